The van der Waals surface area contributed by atoms with Crippen LogP contribution in [0.4, 0.5) is 10.0 Å². The van der Waals surface area contributed by atoms with Crippen LogP contribution in [-0.2, 0) is 44.7 Å². The molecule has 8 nitrogen and oxygen atoms in total. The molecule has 2 aromatic rings. The number of anilines is 2. The molecule has 36 heavy (non-hydrogen) atoms. The quantitative estimate of drug-likeness (QED) is 0.478. The number of fused-ring (bicyclic) bond motifs is 2. The lowest BCUT2D eigenvalue weighted by Crippen LogP contribution is -2.30. The van der Waals surface area contributed by atoms with Crippen LogP contribution >= 0.6 is 22.7 Å². The van der Waals surface area contributed by atoms with Crippen LogP contribution in [0.2, 0.25) is 0 Å². The number of hydrogen-bond acceptors (Lipinski definition) is 8. The molecule has 0 spiro atoms. The van der Waals surface area contributed by atoms with Gasteiger partial charge in [0.05, 0.1) is 17.7 Å². The molecule has 2 heterocycles. The van der Waals surface area contributed by atoms with E-state index in [0.29, 0.717) is 27.0 Å². The van der Waals surface area contributed by atoms with Gasteiger partial charge in [-0.25, -0.2) is 9.59 Å². The number of ether oxygens (including phenoxy) is 2. The monoisotopic (exact) mass is 532 g/mol. The summed E-state index contributed by atoms with van der Waals surface area (Å²) >= 11 is 2.79. The fourth-order valence-electron chi connectivity index (χ4n) is 4.77. The van der Waals surface area contributed by atoms with E-state index in [1.807, 2.05) is 0 Å². The standard InChI is InChI=1S/C26H32N2O6S2/c1-5-33-25(31)20-17-11-10-13(2)12-19(17)36-24(20)28-22(30)14(3)34-26(32)21-16-8-6-7-9-18(16)35-23(21)27-15(4)29/h13-14H,5-12H2,1-4H3,(H,27,29)(H,28,30)/t13-,14-/m1/s1. The zero-order chi connectivity index (χ0) is 26.0. The van der Waals surface area contributed by atoms with Gasteiger partial charge in [-0.3, -0.25) is 9.59 Å². The summed E-state index contributed by atoms with van der Waals surface area (Å²) in [5, 5.41) is 6.47. The predicted octanol–water partition coefficient (Wildman–Crippen LogP) is 5.13. The van der Waals surface area contributed by atoms with Gasteiger partial charge in [-0.1, -0.05) is 6.92 Å². The zero-order valence-corrected chi connectivity index (χ0v) is 22.7. The second-order valence-electron chi connectivity index (χ2n) is 9.41. The zero-order valence-electron chi connectivity index (χ0n) is 21.1. The van der Waals surface area contributed by atoms with Gasteiger partial charge in [-0.05, 0) is 75.8 Å². The van der Waals surface area contributed by atoms with Crippen LogP contribution in [0.25, 0.3) is 0 Å². The molecular formula is C26H32N2O6S2. The Balaban J connectivity index is 1.53. The Morgan fingerprint density at radius 1 is 0.944 bits per heavy atom. The fraction of sp³-hybridized carbons (Fsp3) is 0.538. The number of nitrogens with one attached hydrogen (secondary N) is 2. The Bertz CT molecular complexity index is 1200. The maximum Gasteiger partial charge on any atom is 0.342 e. The topological polar surface area (TPSA) is 111 Å². The SMILES string of the molecule is CCOC(=O)c1c(NC(=O)[C@@H](C)OC(=O)c2c(NC(C)=O)sc3c2CCCC3)sc2c1CC[C@@H](C)C2. The normalized spacial score (nSPS) is 17.4. The number of thiophene rings is 2. The van der Waals surface area contributed by atoms with E-state index in [1.54, 1.807) is 6.92 Å². The van der Waals surface area contributed by atoms with E-state index < -0.39 is 23.9 Å². The van der Waals surface area contributed by atoms with Gasteiger partial charge in [0.25, 0.3) is 5.91 Å². The number of rotatable bonds is 7. The number of amides is 2. The summed E-state index contributed by atoms with van der Waals surface area (Å²) in [7, 11) is 0. The van der Waals surface area contributed by atoms with Crippen molar-refractivity contribution in [2.24, 2.45) is 5.92 Å². The molecule has 0 radical (unpaired) electrons. The summed E-state index contributed by atoms with van der Waals surface area (Å²) < 4.78 is 10.8. The highest BCUT2D eigenvalue weighted by molar-refractivity contribution is 7.17. The van der Waals surface area contributed by atoms with E-state index in [-0.39, 0.29) is 12.5 Å². The van der Waals surface area contributed by atoms with Crippen LogP contribution in [0.3, 0.4) is 0 Å². The van der Waals surface area contributed by atoms with Crippen LogP contribution < -0.4 is 10.6 Å². The second kappa shape index (κ2) is 11.1. The number of esters is 2. The molecule has 194 valence electrons. The van der Waals surface area contributed by atoms with Crippen molar-refractivity contribution < 1.29 is 28.7 Å². The molecule has 4 rings (SSSR count). The molecule has 0 fully saturated rings. The van der Waals surface area contributed by atoms with Crippen LogP contribution in [0, 0.1) is 5.92 Å². The van der Waals surface area contributed by atoms with Gasteiger partial charge in [-0.2, -0.15) is 0 Å². The first-order valence-electron chi connectivity index (χ1n) is 12.4. The number of aryl methyl sites for hydroxylation is 1. The van der Waals surface area contributed by atoms with Gasteiger partial charge in [0.1, 0.15) is 10.0 Å². The van der Waals surface area contributed by atoms with E-state index in [4.69, 9.17) is 9.47 Å². The molecule has 0 saturated heterocycles. The van der Waals surface area contributed by atoms with E-state index in [9.17, 15) is 19.2 Å². The number of hydrogen-bond donors (Lipinski definition) is 2. The Morgan fingerprint density at radius 2 is 1.58 bits per heavy atom. The van der Waals surface area contributed by atoms with Gasteiger partial charge >= 0.3 is 11.9 Å². The second-order valence-corrected chi connectivity index (χ2v) is 11.6. The molecule has 0 aliphatic heterocycles. The largest absolute Gasteiger partial charge is 0.462 e. The van der Waals surface area contributed by atoms with Gasteiger partial charge in [0.15, 0.2) is 6.10 Å². The summed E-state index contributed by atoms with van der Waals surface area (Å²) in [4.78, 5) is 52.9. The summed E-state index contributed by atoms with van der Waals surface area (Å²) in [6, 6.07) is 0. The van der Waals surface area contributed by atoms with Gasteiger partial charge in [-0.15, -0.1) is 22.7 Å². The third kappa shape index (κ3) is 5.49. The third-order valence-electron chi connectivity index (χ3n) is 6.55. The summed E-state index contributed by atoms with van der Waals surface area (Å²) in [6.45, 7) is 7.06. The number of carbonyl (C=O) groups is 4. The van der Waals surface area contributed by atoms with Crippen molar-refractivity contribution in [3.05, 3.63) is 32.0 Å². The molecular weight excluding hydrogens is 500 g/mol. The molecule has 0 aromatic carbocycles. The van der Waals surface area contributed by atoms with Gasteiger partial charge in [0.2, 0.25) is 5.91 Å². The molecule has 2 N–H and O–H groups in total. The highest BCUT2D eigenvalue weighted by atomic mass is 32.1. The first kappa shape index (κ1) is 26.3. The number of carbonyl (C=O) groups excluding carboxylic acids is 4. The first-order chi connectivity index (χ1) is 17.2. The maximum absolute atomic E-state index is 13.2. The van der Waals surface area contributed by atoms with Crippen LogP contribution in [0.15, 0.2) is 0 Å². The van der Waals surface area contributed by atoms with E-state index >= 15 is 0 Å². The maximum atomic E-state index is 13.2. The molecule has 2 aromatic heterocycles. The molecule has 0 bridgehead atoms. The molecule has 2 atom stereocenters. The molecule has 10 heteroatoms. The van der Waals surface area contributed by atoms with E-state index in [2.05, 4.69) is 17.6 Å². The van der Waals surface area contributed by atoms with Crippen molar-refractivity contribution in [2.75, 3.05) is 17.2 Å². The smallest absolute Gasteiger partial charge is 0.342 e. The van der Waals surface area contributed by atoms with Gasteiger partial charge in [0, 0.05) is 16.7 Å². The lowest BCUT2D eigenvalue weighted by molar-refractivity contribution is -0.123. The molecule has 2 aliphatic carbocycles. The van der Waals surface area contributed by atoms with Crippen molar-refractivity contribution >= 4 is 56.4 Å². The molecule has 0 saturated carbocycles. The van der Waals surface area contributed by atoms with E-state index in [0.717, 1.165) is 65.8 Å². The summed E-state index contributed by atoms with van der Waals surface area (Å²) in [5.41, 5.74) is 2.60. The van der Waals surface area contributed by atoms with Crippen molar-refractivity contribution in [3.8, 4) is 0 Å². The average molecular weight is 533 g/mol. The Labute approximate surface area is 218 Å². The first-order valence-corrected chi connectivity index (χ1v) is 14.1. The predicted molar refractivity (Wildman–Crippen MR) is 140 cm³/mol. The highest BCUT2D eigenvalue weighted by Gasteiger charge is 2.32. The lowest BCUT2D eigenvalue weighted by atomic mass is 9.88. The molecule has 2 amide bonds. The minimum Gasteiger partial charge on any atom is -0.462 e. The van der Waals surface area contributed by atoms with Gasteiger partial charge < -0.3 is 20.1 Å². The highest BCUT2D eigenvalue weighted by Crippen LogP contribution is 2.41. The third-order valence-corrected chi connectivity index (χ3v) is 8.92. The summed E-state index contributed by atoms with van der Waals surface area (Å²) in [6.07, 6.45) is 5.06. The van der Waals surface area contributed by atoms with Crippen LogP contribution in [-0.4, -0.2) is 36.5 Å². The minimum atomic E-state index is -1.10. The van der Waals surface area contributed by atoms with Crippen LogP contribution in [0.1, 0.15) is 88.6 Å². The lowest BCUT2D eigenvalue weighted by Gasteiger charge is -2.18. The Morgan fingerprint density at radius 3 is 2.31 bits per heavy atom. The van der Waals surface area contributed by atoms with Crippen molar-refractivity contribution in [3.63, 3.8) is 0 Å². The molecule has 2 aliphatic rings. The van der Waals surface area contributed by atoms with Crippen LogP contribution in [0.5, 0.6) is 0 Å². The average Bonchev–Trinajstić information content (AvgIpc) is 3.35. The van der Waals surface area contributed by atoms with Crippen molar-refractivity contribution in [1.82, 2.24) is 0 Å². The Hall–Kier alpha value is -2.72. The van der Waals surface area contributed by atoms with Crippen molar-refractivity contribution in [1.29, 1.82) is 0 Å². The Kier molecular flexibility index (Phi) is 8.14. The fourth-order valence-corrected chi connectivity index (χ4v) is 7.50. The van der Waals surface area contributed by atoms with E-state index in [1.165, 1.54) is 36.5 Å². The van der Waals surface area contributed by atoms with Crippen molar-refractivity contribution in [2.45, 2.75) is 78.7 Å². The molecule has 0 unspecified atom stereocenters. The summed E-state index contributed by atoms with van der Waals surface area (Å²) in [5.74, 6) is -1.37. The minimum absolute atomic E-state index is 0.239.